The highest BCUT2D eigenvalue weighted by Crippen LogP contribution is 1.81. The summed E-state index contributed by atoms with van der Waals surface area (Å²) in [5.41, 5.74) is 0. The van der Waals surface area contributed by atoms with Crippen LogP contribution in [0.5, 0.6) is 0 Å². The van der Waals surface area contributed by atoms with Crippen molar-refractivity contribution in [2.24, 2.45) is 0 Å². The molecule has 2 N–H and O–H groups in total. The van der Waals surface area contributed by atoms with Gasteiger partial charge in [0.25, 0.3) is 0 Å². The number of nitrogens with one attached hydrogen (secondary N) is 2. The van der Waals surface area contributed by atoms with E-state index in [2.05, 4.69) is 10.0 Å². The van der Waals surface area contributed by atoms with Crippen molar-refractivity contribution in [1.82, 2.24) is 14.9 Å². The maximum Gasteiger partial charge on any atom is 0.236 e. The van der Waals surface area contributed by atoms with Crippen molar-refractivity contribution in [2.75, 3.05) is 39.5 Å². The number of amides is 1. The number of likely N-dealkylation sites (N-methyl/N-ethyl adjacent to an activating group) is 1. The third-order valence-electron chi connectivity index (χ3n) is 1.84. The van der Waals surface area contributed by atoms with Crippen LogP contribution in [0.2, 0.25) is 0 Å². The Hall–Kier alpha value is -0.660. The number of nitrogens with zero attached hydrogens (tertiary/aromatic N) is 1. The third kappa shape index (κ3) is 8.34. The Balaban J connectivity index is 3.51. The molecule has 0 aromatic rings. The summed E-state index contributed by atoms with van der Waals surface area (Å²) in [6, 6.07) is 0. The summed E-state index contributed by atoms with van der Waals surface area (Å²) in [6.07, 6.45) is 1.10. The minimum atomic E-state index is -3.13. The lowest BCUT2D eigenvalue weighted by Crippen LogP contribution is -2.38. The summed E-state index contributed by atoms with van der Waals surface area (Å²) in [5.74, 6) is -0.00291. The van der Waals surface area contributed by atoms with E-state index in [-0.39, 0.29) is 12.5 Å². The van der Waals surface area contributed by atoms with Gasteiger partial charge in [0, 0.05) is 26.7 Å². The van der Waals surface area contributed by atoms with Gasteiger partial charge in [-0.15, -0.1) is 0 Å². The standard InChI is InChI=1S/C8H19N3O3S/c1-4-11(2)8(12)7-9-5-6-10-15(3,13)14/h9-10H,4-7H2,1-3H3. The van der Waals surface area contributed by atoms with Crippen LogP contribution in [0.4, 0.5) is 0 Å². The van der Waals surface area contributed by atoms with Gasteiger partial charge in [-0.05, 0) is 6.92 Å². The highest BCUT2D eigenvalue weighted by atomic mass is 32.2. The van der Waals surface area contributed by atoms with E-state index in [0.29, 0.717) is 19.6 Å². The molecular formula is C8H19N3O3S. The second-order valence-corrected chi connectivity index (χ2v) is 5.08. The zero-order valence-electron chi connectivity index (χ0n) is 9.41. The summed E-state index contributed by atoms with van der Waals surface area (Å²) < 4.78 is 23.7. The zero-order valence-corrected chi connectivity index (χ0v) is 10.2. The Labute approximate surface area is 91.1 Å². The number of rotatable bonds is 7. The fourth-order valence-electron chi connectivity index (χ4n) is 0.831. The van der Waals surface area contributed by atoms with Crippen LogP contribution in [0.25, 0.3) is 0 Å². The lowest BCUT2D eigenvalue weighted by molar-refractivity contribution is -0.128. The molecule has 90 valence electrons. The van der Waals surface area contributed by atoms with E-state index in [1.807, 2.05) is 6.92 Å². The molecule has 0 saturated heterocycles. The lowest BCUT2D eigenvalue weighted by Gasteiger charge is -2.14. The average molecular weight is 237 g/mol. The predicted molar refractivity (Wildman–Crippen MR) is 59.0 cm³/mol. The predicted octanol–water partition coefficient (Wildman–Crippen LogP) is -1.40. The summed E-state index contributed by atoms with van der Waals surface area (Å²) in [4.78, 5) is 12.9. The molecule has 0 spiro atoms. The van der Waals surface area contributed by atoms with Crippen molar-refractivity contribution in [3.8, 4) is 0 Å². The van der Waals surface area contributed by atoms with Crippen molar-refractivity contribution < 1.29 is 13.2 Å². The fraction of sp³-hybridized carbons (Fsp3) is 0.875. The Morgan fingerprint density at radius 2 is 1.93 bits per heavy atom. The molecule has 6 nitrogen and oxygen atoms in total. The maximum atomic E-state index is 11.3. The number of hydrogen-bond donors (Lipinski definition) is 2. The summed E-state index contributed by atoms with van der Waals surface area (Å²) in [6.45, 7) is 3.53. The van der Waals surface area contributed by atoms with E-state index in [4.69, 9.17) is 0 Å². The van der Waals surface area contributed by atoms with Gasteiger partial charge in [0.1, 0.15) is 0 Å². The molecular weight excluding hydrogens is 218 g/mol. The van der Waals surface area contributed by atoms with Gasteiger partial charge in [-0.1, -0.05) is 0 Å². The molecule has 0 aliphatic carbocycles. The maximum absolute atomic E-state index is 11.3. The lowest BCUT2D eigenvalue weighted by atomic mass is 10.5. The van der Waals surface area contributed by atoms with E-state index < -0.39 is 10.0 Å². The quantitative estimate of drug-likeness (QED) is 0.534. The van der Waals surface area contributed by atoms with Gasteiger partial charge < -0.3 is 10.2 Å². The number of carbonyl (C=O) groups is 1. The van der Waals surface area contributed by atoms with Gasteiger partial charge in [-0.3, -0.25) is 4.79 Å². The van der Waals surface area contributed by atoms with Crippen molar-refractivity contribution >= 4 is 15.9 Å². The van der Waals surface area contributed by atoms with E-state index in [1.165, 1.54) is 0 Å². The minimum absolute atomic E-state index is 0.00291. The van der Waals surface area contributed by atoms with Crippen LogP contribution in [-0.2, 0) is 14.8 Å². The molecule has 0 rings (SSSR count). The largest absolute Gasteiger partial charge is 0.345 e. The van der Waals surface area contributed by atoms with Crippen LogP contribution in [0.1, 0.15) is 6.92 Å². The first-order valence-electron chi connectivity index (χ1n) is 4.76. The summed E-state index contributed by atoms with van der Waals surface area (Å²) in [7, 11) is -1.41. The van der Waals surface area contributed by atoms with E-state index in [1.54, 1.807) is 11.9 Å². The molecule has 0 aliphatic rings. The molecule has 0 aromatic heterocycles. The first-order chi connectivity index (χ1) is 6.87. The molecule has 1 amide bonds. The smallest absolute Gasteiger partial charge is 0.236 e. The van der Waals surface area contributed by atoms with Crippen molar-refractivity contribution in [3.63, 3.8) is 0 Å². The Morgan fingerprint density at radius 1 is 1.33 bits per heavy atom. The Bertz CT molecular complexity index is 290. The summed E-state index contributed by atoms with van der Waals surface area (Å²) >= 11 is 0. The Kier molecular flexibility index (Phi) is 6.46. The molecule has 0 saturated carbocycles. The highest BCUT2D eigenvalue weighted by molar-refractivity contribution is 7.88. The topological polar surface area (TPSA) is 78.5 Å². The van der Waals surface area contributed by atoms with Crippen LogP contribution in [-0.4, -0.2) is 58.7 Å². The number of sulfonamides is 1. The molecule has 0 aliphatic heterocycles. The fourth-order valence-corrected chi connectivity index (χ4v) is 1.30. The summed E-state index contributed by atoms with van der Waals surface area (Å²) in [5, 5.41) is 2.85. The van der Waals surface area contributed by atoms with Gasteiger partial charge in [0.2, 0.25) is 15.9 Å². The van der Waals surface area contributed by atoms with E-state index in [9.17, 15) is 13.2 Å². The molecule has 0 unspecified atom stereocenters. The van der Waals surface area contributed by atoms with Gasteiger partial charge in [0.15, 0.2) is 0 Å². The first kappa shape index (κ1) is 14.3. The van der Waals surface area contributed by atoms with Gasteiger partial charge in [-0.2, -0.15) is 0 Å². The van der Waals surface area contributed by atoms with Crippen LogP contribution in [0.15, 0.2) is 0 Å². The van der Waals surface area contributed by atoms with Crippen molar-refractivity contribution in [3.05, 3.63) is 0 Å². The minimum Gasteiger partial charge on any atom is -0.345 e. The molecule has 0 radical (unpaired) electrons. The van der Waals surface area contributed by atoms with Crippen LogP contribution in [0, 0.1) is 0 Å². The number of carbonyl (C=O) groups excluding carboxylic acids is 1. The molecule has 7 heteroatoms. The van der Waals surface area contributed by atoms with Gasteiger partial charge in [-0.25, -0.2) is 13.1 Å². The van der Waals surface area contributed by atoms with E-state index in [0.717, 1.165) is 6.26 Å². The van der Waals surface area contributed by atoms with Gasteiger partial charge in [0.05, 0.1) is 12.8 Å². The second-order valence-electron chi connectivity index (χ2n) is 3.25. The third-order valence-corrected chi connectivity index (χ3v) is 2.57. The Morgan fingerprint density at radius 3 is 2.40 bits per heavy atom. The van der Waals surface area contributed by atoms with Gasteiger partial charge >= 0.3 is 0 Å². The SMILES string of the molecule is CCN(C)C(=O)CNCCNS(C)(=O)=O. The normalized spacial score (nSPS) is 11.4. The zero-order chi connectivity index (χ0) is 11.9. The monoisotopic (exact) mass is 237 g/mol. The first-order valence-corrected chi connectivity index (χ1v) is 6.65. The van der Waals surface area contributed by atoms with Crippen LogP contribution < -0.4 is 10.0 Å². The highest BCUT2D eigenvalue weighted by Gasteiger charge is 2.05. The molecule has 0 bridgehead atoms. The number of hydrogen-bond acceptors (Lipinski definition) is 4. The van der Waals surface area contributed by atoms with E-state index >= 15 is 0 Å². The van der Waals surface area contributed by atoms with Crippen molar-refractivity contribution in [2.45, 2.75) is 6.92 Å². The molecule has 0 atom stereocenters. The average Bonchev–Trinajstić information content (AvgIpc) is 2.14. The second kappa shape index (κ2) is 6.76. The molecule has 0 aromatic carbocycles. The molecule has 0 fully saturated rings. The van der Waals surface area contributed by atoms with Crippen molar-refractivity contribution in [1.29, 1.82) is 0 Å². The van der Waals surface area contributed by atoms with Crippen LogP contribution >= 0.6 is 0 Å². The van der Waals surface area contributed by atoms with Crippen LogP contribution in [0.3, 0.4) is 0 Å². The molecule has 15 heavy (non-hydrogen) atoms. The molecule has 0 heterocycles.